The Hall–Kier alpha value is -3.58. The van der Waals surface area contributed by atoms with Gasteiger partial charge in [-0.2, -0.15) is 0 Å². The predicted molar refractivity (Wildman–Crippen MR) is 134 cm³/mol. The fourth-order valence-electron chi connectivity index (χ4n) is 4.77. The lowest BCUT2D eigenvalue weighted by molar-refractivity contribution is 0.229. The van der Waals surface area contributed by atoms with Crippen LogP contribution in [0, 0.1) is 5.82 Å². The number of methoxy groups -OCH3 is 1. The molecule has 0 bridgehead atoms. The molecule has 2 fully saturated rings. The molecule has 0 saturated carbocycles. The van der Waals surface area contributed by atoms with Crippen molar-refractivity contribution in [1.29, 1.82) is 0 Å². The lowest BCUT2D eigenvalue weighted by Gasteiger charge is -2.29. The van der Waals surface area contributed by atoms with Crippen LogP contribution in [0.2, 0.25) is 0 Å². The normalized spacial score (nSPS) is 16.3. The van der Waals surface area contributed by atoms with Crippen LogP contribution in [-0.4, -0.2) is 64.4 Å². The third kappa shape index (κ3) is 4.07. The summed E-state index contributed by atoms with van der Waals surface area (Å²) in [6.07, 6.45) is 0. The summed E-state index contributed by atoms with van der Waals surface area (Å²) in [4.78, 5) is 17.8. The summed E-state index contributed by atoms with van der Waals surface area (Å²) in [5.41, 5.74) is 5.01. The van der Waals surface area contributed by atoms with E-state index >= 15 is 4.39 Å². The highest BCUT2D eigenvalue weighted by Gasteiger charge is 2.28. The Bertz CT molecular complexity index is 1210. The smallest absolute Gasteiger partial charge is 0.324 e. The lowest BCUT2D eigenvalue weighted by atomic mass is 9.96. The number of carbonyl (C=O) groups excluding carboxylic acids is 1. The highest BCUT2D eigenvalue weighted by Crippen LogP contribution is 2.40. The number of carbonyl (C=O) groups is 1. The summed E-state index contributed by atoms with van der Waals surface area (Å²) in [6.45, 7) is 4.97. The average Bonchev–Trinajstić information content (AvgIpc) is 3.21. The van der Waals surface area contributed by atoms with E-state index in [9.17, 15) is 4.79 Å². The second-order valence-corrected chi connectivity index (χ2v) is 8.70. The Morgan fingerprint density at radius 3 is 2.24 bits per heavy atom. The SMILES string of the molecule is COc1c(-c2cccc(N3CCNCC3)c2)cccc1-c1ccc(N2CCN(C)C2=O)c(F)c1. The van der Waals surface area contributed by atoms with Gasteiger partial charge in [0.05, 0.1) is 12.8 Å². The van der Waals surface area contributed by atoms with Gasteiger partial charge in [0, 0.05) is 63.1 Å². The number of nitrogens with zero attached hydrogens (tertiary/aromatic N) is 3. The number of urea groups is 1. The second-order valence-electron chi connectivity index (χ2n) is 8.70. The summed E-state index contributed by atoms with van der Waals surface area (Å²) in [5, 5.41) is 3.39. The maximum absolute atomic E-state index is 15.1. The fourth-order valence-corrected chi connectivity index (χ4v) is 4.77. The average molecular weight is 461 g/mol. The molecule has 6 nitrogen and oxygen atoms in total. The molecule has 0 radical (unpaired) electrons. The van der Waals surface area contributed by atoms with Gasteiger partial charge in [-0.05, 0) is 35.4 Å². The van der Waals surface area contributed by atoms with Gasteiger partial charge in [0.1, 0.15) is 11.6 Å². The van der Waals surface area contributed by atoms with Crippen molar-refractivity contribution in [2.24, 2.45) is 0 Å². The Balaban J connectivity index is 1.50. The zero-order valence-corrected chi connectivity index (χ0v) is 19.6. The van der Waals surface area contributed by atoms with Gasteiger partial charge in [-0.3, -0.25) is 4.90 Å². The molecule has 0 aliphatic carbocycles. The number of hydrogen-bond acceptors (Lipinski definition) is 4. The van der Waals surface area contributed by atoms with Crippen LogP contribution in [0.1, 0.15) is 0 Å². The second kappa shape index (κ2) is 9.35. The molecule has 2 aliphatic rings. The van der Waals surface area contributed by atoms with Crippen LogP contribution in [0.5, 0.6) is 5.75 Å². The van der Waals surface area contributed by atoms with E-state index < -0.39 is 5.82 Å². The number of halogens is 1. The van der Waals surface area contributed by atoms with E-state index in [-0.39, 0.29) is 6.03 Å². The van der Waals surface area contributed by atoms with Gasteiger partial charge in [0.25, 0.3) is 0 Å². The van der Waals surface area contributed by atoms with Gasteiger partial charge in [-0.1, -0.05) is 36.4 Å². The zero-order chi connectivity index (χ0) is 23.7. The topological polar surface area (TPSA) is 48.1 Å². The predicted octanol–water partition coefficient (Wildman–Crippen LogP) is 4.45. The van der Waals surface area contributed by atoms with E-state index in [2.05, 4.69) is 34.5 Å². The maximum Gasteiger partial charge on any atom is 0.324 e. The van der Waals surface area contributed by atoms with E-state index in [0.717, 1.165) is 42.9 Å². The lowest BCUT2D eigenvalue weighted by Crippen LogP contribution is -2.43. The van der Waals surface area contributed by atoms with Gasteiger partial charge in [0.15, 0.2) is 0 Å². The van der Waals surface area contributed by atoms with E-state index in [1.165, 1.54) is 16.7 Å². The minimum absolute atomic E-state index is 0.185. The van der Waals surface area contributed by atoms with Crippen molar-refractivity contribution in [1.82, 2.24) is 10.2 Å². The highest BCUT2D eigenvalue weighted by molar-refractivity contribution is 5.94. The third-order valence-electron chi connectivity index (χ3n) is 6.62. The standard InChI is InChI=1S/C27H29FN4O2/c1-30-15-16-32(27(30)33)25-10-9-20(18-24(25)28)23-8-4-7-22(26(23)34-2)19-5-3-6-21(17-19)31-13-11-29-12-14-31/h3-10,17-18,29H,11-16H2,1-2H3. The number of rotatable bonds is 5. The molecule has 0 aromatic heterocycles. The molecule has 0 spiro atoms. The molecule has 2 heterocycles. The molecule has 5 rings (SSSR count). The van der Waals surface area contributed by atoms with Crippen LogP contribution in [0.15, 0.2) is 60.7 Å². The van der Waals surface area contributed by atoms with Gasteiger partial charge in [-0.15, -0.1) is 0 Å². The largest absolute Gasteiger partial charge is 0.495 e. The Kier molecular flexibility index (Phi) is 6.11. The molecular formula is C27H29FN4O2. The van der Waals surface area contributed by atoms with Gasteiger partial charge in [-0.25, -0.2) is 9.18 Å². The van der Waals surface area contributed by atoms with Gasteiger partial charge in [0.2, 0.25) is 0 Å². The van der Waals surface area contributed by atoms with Crippen LogP contribution in [0.3, 0.4) is 0 Å². The van der Waals surface area contributed by atoms with Gasteiger partial charge < -0.3 is 19.9 Å². The summed E-state index contributed by atoms with van der Waals surface area (Å²) >= 11 is 0. The number of hydrogen-bond donors (Lipinski definition) is 1. The quantitative estimate of drug-likeness (QED) is 0.611. The number of benzene rings is 3. The minimum atomic E-state index is -0.422. The summed E-state index contributed by atoms with van der Waals surface area (Å²) < 4.78 is 21.0. The van der Waals surface area contributed by atoms with Crippen molar-refractivity contribution in [3.8, 4) is 28.0 Å². The zero-order valence-electron chi connectivity index (χ0n) is 19.6. The number of ether oxygens (including phenoxy) is 1. The molecule has 0 unspecified atom stereocenters. The monoisotopic (exact) mass is 460 g/mol. The van der Waals surface area contributed by atoms with Crippen molar-refractivity contribution in [3.63, 3.8) is 0 Å². The number of anilines is 2. The highest BCUT2D eigenvalue weighted by atomic mass is 19.1. The molecule has 34 heavy (non-hydrogen) atoms. The van der Waals surface area contributed by atoms with Crippen molar-refractivity contribution in [2.45, 2.75) is 0 Å². The van der Waals surface area contributed by atoms with Crippen molar-refractivity contribution in [3.05, 3.63) is 66.5 Å². The molecule has 2 aliphatic heterocycles. The Morgan fingerprint density at radius 1 is 0.882 bits per heavy atom. The first kappa shape index (κ1) is 22.2. The molecule has 2 amide bonds. The van der Waals surface area contributed by atoms with Gasteiger partial charge >= 0.3 is 6.03 Å². The summed E-state index contributed by atoms with van der Waals surface area (Å²) in [6, 6.07) is 19.2. The molecule has 0 atom stereocenters. The maximum atomic E-state index is 15.1. The summed E-state index contributed by atoms with van der Waals surface area (Å²) in [5.74, 6) is 0.276. The molecule has 3 aromatic carbocycles. The third-order valence-corrected chi connectivity index (χ3v) is 6.62. The van der Waals surface area contributed by atoms with Crippen LogP contribution in [0.4, 0.5) is 20.6 Å². The van der Waals surface area contributed by atoms with E-state index in [4.69, 9.17) is 4.74 Å². The summed E-state index contributed by atoms with van der Waals surface area (Å²) in [7, 11) is 3.37. The first-order valence-corrected chi connectivity index (χ1v) is 11.6. The molecule has 176 valence electrons. The number of amides is 2. The van der Waals surface area contributed by atoms with Crippen LogP contribution < -0.4 is 19.9 Å². The van der Waals surface area contributed by atoms with E-state index in [1.807, 2.05) is 24.3 Å². The number of nitrogens with one attached hydrogen (secondary N) is 1. The Labute approximate surface area is 199 Å². The van der Waals surface area contributed by atoms with Crippen molar-refractivity contribution in [2.75, 3.05) is 63.2 Å². The number of para-hydroxylation sites is 1. The fraction of sp³-hybridized carbons (Fsp3) is 0.296. The molecular weight excluding hydrogens is 431 g/mol. The molecule has 7 heteroatoms. The Morgan fingerprint density at radius 2 is 1.59 bits per heavy atom. The van der Waals surface area contributed by atoms with Crippen LogP contribution in [0.25, 0.3) is 22.3 Å². The van der Waals surface area contributed by atoms with Crippen molar-refractivity contribution >= 4 is 17.4 Å². The number of likely N-dealkylation sites (N-methyl/N-ethyl adjacent to an activating group) is 1. The minimum Gasteiger partial charge on any atom is -0.495 e. The number of piperazine rings is 1. The molecule has 1 N–H and O–H groups in total. The first-order chi connectivity index (χ1) is 16.6. The van der Waals surface area contributed by atoms with Crippen molar-refractivity contribution < 1.29 is 13.9 Å². The van der Waals surface area contributed by atoms with E-state index in [1.54, 1.807) is 25.1 Å². The van der Waals surface area contributed by atoms with Crippen LogP contribution >= 0.6 is 0 Å². The first-order valence-electron chi connectivity index (χ1n) is 11.6. The van der Waals surface area contributed by atoms with E-state index in [0.29, 0.717) is 30.1 Å². The molecule has 2 saturated heterocycles. The van der Waals surface area contributed by atoms with Crippen LogP contribution in [-0.2, 0) is 0 Å². The molecule has 3 aromatic rings.